The second kappa shape index (κ2) is 10.5. The monoisotopic (exact) mass is 382 g/mol. The molecule has 0 unspecified atom stereocenters. The first-order valence-electron chi connectivity index (χ1n) is 9.93. The number of nitrogens with zero attached hydrogens (tertiary/aromatic N) is 1. The fraction of sp³-hybridized carbons (Fsp3) is 0.435. The molecule has 1 aliphatic rings. The van der Waals surface area contributed by atoms with Gasteiger partial charge >= 0.3 is 0 Å². The fourth-order valence-electron chi connectivity index (χ4n) is 3.47. The summed E-state index contributed by atoms with van der Waals surface area (Å²) in [7, 11) is 0. The lowest BCUT2D eigenvalue weighted by Gasteiger charge is -2.26. The minimum absolute atomic E-state index is 0.0238. The van der Waals surface area contributed by atoms with Crippen LogP contribution >= 0.6 is 11.8 Å². The van der Waals surface area contributed by atoms with E-state index in [0.29, 0.717) is 6.54 Å². The molecule has 0 aromatic heterocycles. The number of benzene rings is 2. The molecule has 2 aromatic rings. The lowest BCUT2D eigenvalue weighted by Crippen LogP contribution is -2.29. The summed E-state index contributed by atoms with van der Waals surface area (Å²) in [6, 6.07) is 16.7. The highest BCUT2D eigenvalue weighted by Crippen LogP contribution is 2.14. The van der Waals surface area contributed by atoms with Gasteiger partial charge in [-0.05, 0) is 56.1 Å². The average Bonchev–Trinajstić information content (AvgIpc) is 2.69. The Labute approximate surface area is 167 Å². The third kappa shape index (κ3) is 6.71. The maximum absolute atomic E-state index is 12.3. The molecule has 1 saturated heterocycles. The Morgan fingerprint density at radius 1 is 1.04 bits per heavy atom. The largest absolute Gasteiger partial charge is 0.351 e. The zero-order chi connectivity index (χ0) is 18.9. The summed E-state index contributed by atoms with van der Waals surface area (Å²) < 4.78 is 0. The predicted octanol–water partition coefficient (Wildman–Crippen LogP) is 4.64. The second-order valence-corrected chi connectivity index (χ2v) is 8.44. The van der Waals surface area contributed by atoms with Gasteiger partial charge in [0.15, 0.2) is 0 Å². The third-order valence-corrected chi connectivity index (χ3v) is 5.98. The molecule has 0 bridgehead atoms. The highest BCUT2D eigenvalue weighted by molar-refractivity contribution is 7.98. The lowest BCUT2D eigenvalue weighted by molar-refractivity contribution is 0.0956. The lowest BCUT2D eigenvalue weighted by atomic mass is 10.1. The molecule has 1 amide bonds. The number of thioether (sulfide) groups is 1. The summed E-state index contributed by atoms with van der Waals surface area (Å²) in [5.41, 5.74) is 4.68. The van der Waals surface area contributed by atoms with E-state index in [1.54, 1.807) is 0 Å². The highest BCUT2D eigenvalue weighted by atomic mass is 32.2. The van der Waals surface area contributed by atoms with E-state index in [1.165, 1.54) is 49.0 Å². The number of aryl methyl sites for hydroxylation is 1. The number of amides is 1. The van der Waals surface area contributed by atoms with Crippen LogP contribution in [-0.4, -0.2) is 36.2 Å². The van der Waals surface area contributed by atoms with Crippen LogP contribution in [0.4, 0.5) is 0 Å². The molecule has 0 saturated carbocycles. The zero-order valence-corrected chi connectivity index (χ0v) is 17.1. The van der Waals surface area contributed by atoms with Crippen LogP contribution in [0, 0.1) is 6.92 Å². The van der Waals surface area contributed by atoms with E-state index in [-0.39, 0.29) is 5.91 Å². The van der Waals surface area contributed by atoms with Gasteiger partial charge in [0.25, 0.3) is 5.91 Å². The van der Waals surface area contributed by atoms with Crippen molar-refractivity contribution in [2.45, 2.75) is 38.5 Å². The molecule has 27 heavy (non-hydrogen) atoms. The van der Waals surface area contributed by atoms with Gasteiger partial charge in [0.1, 0.15) is 0 Å². The Bertz CT molecular complexity index is 723. The SMILES string of the molecule is Cc1cccc(CSCCNC(=O)c2ccc(CN3CCCCC3)cc2)c1. The van der Waals surface area contributed by atoms with Crippen molar-refractivity contribution in [1.82, 2.24) is 10.2 Å². The summed E-state index contributed by atoms with van der Waals surface area (Å²) in [4.78, 5) is 14.8. The molecule has 2 aromatic carbocycles. The maximum Gasteiger partial charge on any atom is 0.251 e. The Morgan fingerprint density at radius 2 is 1.81 bits per heavy atom. The van der Waals surface area contributed by atoms with Crippen molar-refractivity contribution in [3.63, 3.8) is 0 Å². The van der Waals surface area contributed by atoms with Crippen molar-refractivity contribution in [1.29, 1.82) is 0 Å². The van der Waals surface area contributed by atoms with Gasteiger partial charge in [-0.15, -0.1) is 0 Å². The number of hydrogen-bond acceptors (Lipinski definition) is 3. The number of piperidine rings is 1. The first kappa shape index (κ1) is 20.0. The fourth-order valence-corrected chi connectivity index (χ4v) is 4.27. The van der Waals surface area contributed by atoms with Crippen molar-refractivity contribution in [3.05, 3.63) is 70.8 Å². The van der Waals surface area contributed by atoms with E-state index >= 15 is 0 Å². The van der Waals surface area contributed by atoms with Crippen LogP contribution in [0.1, 0.15) is 46.3 Å². The van der Waals surface area contributed by atoms with Gasteiger partial charge in [-0.25, -0.2) is 0 Å². The van der Waals surface area contributed by atoms with Crippen LogP contribution < -0.4 is 5.32 Å². The van der Waals surface area contributed by atoms with E-state index in [2.05, 4.69) is 53.5 Å². The van der Waals surface area contributed by atoms with Crippen LogP contribution in [0.15, 0.2) is 48.5 Å². The van der Waals surface area contributed by atoms with Gasteiger partial charge in [-0.1, -0.05) is 48.4 Å². The van der Waals surface area contributed by atoms with E-state index < -0.39 is 0 Å². The van der Waals surface area contributed by atoms with Gasteiger partial charge in [-0.2, -0.15) is 11.8 Å². The summed E-state index contributed by atoms with van der Waals surface area (Å²) in [6.45, 7) is 6.21. The van der Waals surface area contributed by atoms with E-state index in [4.69, 9.17) is 0 Å². The number of hydrogen-bond donors (Lipinski definition) is 1. The number of carbonyl (C=O) groups is 1. The van der Waals surface area contributed by atoms with E-state index in [0.717, 1.165) is 23.6 Å². The number of likely N-dealkylation sites (tertiary alicyclic amines) is 1. The minimum atomic E-state index is 0.0238. The first-order chi connectivity index (χ1) is 13.2. The molecule has 0 atom stereocenters. The van der Waals surface area contributed by atoms with Gasteiger partial charge in [-0.3, -0.25) is 9.69 Å². The Hall–Kier alpha value is -1.78. The van der Waals surface area contributed by atoms with Crippen LogP contribution in [0.25, 0.3) is 0 Å². The van der Waals surface area contributed by atoms with Gasteiger partial charge in [0, 0.05) is 30.2 Å². The van der Waals surface area contributed by atoms with Gasteiger partial charge in [0.2, 0.25) is 0 Å². The van der Waals surface area contributed by atoms with Crippen LogP contribution in [-0.2, 0) is 12.3 Å². The summed E-state index contributed by atoms with van der Waals surface area (Å²) in [6.07, 6.45) is 3.98. The van der Waals surface area contributed by atoms with Crippen molar-refractivity contribution < 1.29 is 4.79 Å². The molecule has 0 radical (unpaired) electrons. The number of carbonyl (C=O) groups excluding carboxylic acids is 1. The molecule has 3 rings (SSSR count). The Balaban J connectivity index is 1.36. The van der Waals surface area contributed by atoms with Crippen molar-refractivity contribution in [2.75, 3.05) is 25.4 Å². The summed E-state index contributed by atoms with van der Waals surface area (Å²) in [5.74, 6) is 1.94. The van der Waals surface area contributed by atoms with Crippen LogP contribution in [0.3, 0.4) is 0 Å². The molecular formula is C23H30N2OS. The minimum Gasteiger partial charge on any atom is -0.351 e. The van der Waals surface area contributed by atoms with Crippen LogP contribution in [0.2, 0.25) is 0 Å². The molecule has 3 nitrogen and oxygen atoms in total. The molecule has 1 heterocycles. The topological polar surface area (TPSA) is 32.3 Å². The molecule has 0 aliphatic carbocycles. The average molecular weight is 383 g/mol. The Kier molecular flexibility index (Phi) is 7.79. The first-order valence-corrected chi connectivity index (χ1v) is 11.1. The van der Waals surface area contributed by atoms with Crippen molar-refractivity contribution >= 4 is 17.7 Å². The van der Waals surface area contributed by atoms with Crippen molar-refractivity contribution in [3.8, 4) is 0 Å². The normalized spacial score (nSPS) is 14.9. The molecule has 1 fully saturated rings. The Morgan fingerprint density at radius 3 is 2.56 bits per heavy atom. The number of nitrogens with one attached hydrogen (secondary N) is 1. The predicted molar refractivity (Wildman–Crippen MR) is 115 cm³/mol. The molecule has 144 valence electrons. The van der Waals surface area contributed by atoms with Crippen molar-refractivity contribution in [2.24, 2.45) is 0 Å². The smallest absolute Gasteiger partial charge is 0.251 e. The van der Waals surface area contributed by atoms with Gasteiger partial charge in [0.05, 0.1) is 0 Å². The maximum atomic E-state index is 12.3. The summed E-state index contributed by atoms with van der Waals surface area (Å²) >= 11 is 1.85. The number of rotatable bonds is 8. The zero-order valence-electron chi connectivity index (χ0n) is 16.2. The second-order valence-electron chi connectivity index (χ2n) is 7.33. The molecule has 0 spiro atoms. The third-order valence-electron chi connectivity index (χ3n) is 4.95. The van der Waals surface area contributed by atoms with Gasteiger partial charge < -0.3 is 5.32 Å². The van der Waals surface area contributed by atoms with E-state index in [9.17, 15) is 4.79 Å². The molecule has 1 N–H and O–H groups in total. The molecular weight excluding hydrogens is 352 g/mol. The molecule has 1 aliphatic heterocycles. The molecule has 4 heteroatoms. The summed E-state index contributed by atoms with van der Waals surface area (Å²) in [5, 5.41) is 3.03. The quantitative estimate of drug-likeness (QED) is 0.675. The standard InChI is InChI=1S/C23H30N2OS/c1-19-6-5-7-21(16-19)18-27-15-12-24-23(26)22-10-8-20(9-11-22)17-25-13-3-2-4-14-25/h5-11,16H,2-4,12-15,17-18H2,1H3,(H,24,26). The van der Waals surface area contributed by atoms with E-state index in [1.807, 2.05) is 23.9 Å². The van der Waals surface area contributed by atoms with Crippen LogP contribution in [0.5, 0.6) is 0 Å². The highest BCUT2D eigenvalue weighted by Gasteiger charge is 2.11.